The topological polar surface area (TPSA) is 112 Å². The zero-order valence-electron chi connectivity index (χ0n) is 13.8. The van der Waals surface area contributed by atoms with Crippen molar-refractivity contribution in [3.63, 3.8) is 0 Å². The number of phenols is 1. The molecule has 0 saturated heterocycles. The highest BCUT2D eigenvalue weighted by Gasteiger charge is 2.13. The van der Waals surface area contributed by atoms with E-state index in [4.69, 9.17) is 5.11 Å². The molecule has 4 N–H and O–H groups in total. The molecule has 0 atom stereocenters. The molecule has 0 spiro atoms. The summed E-state index contributed by atoms with van der Waals surface area (Å²) in [6.45, 7) is 0. The first-order chi connectivity index (χ1) is 13.0. The fourth-order valence-corrected chi connectivity index (χ4v) is 3.63. The number of anilines is 2. The lowest BCUT2D eigenvalue weighted by Crippen LogP contribution is -2.11. The molecule has 27 heavy (non-hydrogen) atoms. The molecule has 0 radical (unpaired) electrons. The highest BCUT2D eigenvalue weighted by molar-refractivity contribution is 7.22. The van der Waals surface area contributed by atoms with Gasteiger partial charge in [-0.2, -0.15) is 0 Å². The number of thiazole rings is 1. The molecule has 8 heteroatoms. The molecule has 0 unspecified atom stereocenters. The molecule has 7 nitrogen and oxygen atoms in total. The first-order valence-electron chi connectivity index (χ1n) is 7.93. The number of benzene rings is 3. The zero-order chi connectivity index (χ0) is 19.0. The van der Waals surface area contributed by atoms with E-state index < -0.39 is 6.09 Å². The molecule has 3 aromatic carbocycles. The number of rotatable bonds is 3. The van der Waals surface area contributed by atoms with Crippen molar-refractivity contribution >= 4 is 55.1 Å². The third kappa shape index (κ3) is 3.38. The third-order valence-corrected chi connectivity index (χ3v) is 4.91. The van der Waals surface area contributed by atoms with Crippen LogP contribution in [0.2, 0.25) is 0 Å². The van der Waals surface area contributed by atoms with Gasteiger partial charge in [0.15, 0.2) is 5.13 Å². The van der Waals surface area contributed by atoms with Crippen LogP contribution in [-0.2, 0) is 0 Å². The Morgan fingerprint density at radius 2 is 1.70 bits per heavy atom. The average molecular weight is 379 g/mol. The van der Waals surface area contributed by atoms with E-state index in [1.165, 1.54) is 0 Å². The van der Waals surface area contributed by atoms with Gasteiger partial charge in [0.1, 0.15) is 5.75 Å². The number of carboxylic acid groups (broad SMARTS) is 1. The second kappa shape index (κ2) is 6.58. The summed E-state index contributed by atoms with van der Waals surface area (Å²) in [7, 11) is 0. The number of aromatic hydroxyl groups is 1. The number of carbonyl (C=O) groups excluding carboxylic acids is 1. The van der Waals surface area contributed by atoms with Gasteiger partial charge in [-0.05, 0) is 41.1 Å². The summed E-state index contributed by atoms with van der Waals surface area (Å²) >= 11 is 1.14. The van der Waals surface area contributed by atoms with Crippen molar-refractivity contribution in [2.24, 2.45) is 0 Å². The Morgan fingerprint density at radius 3 is 2.44 bits per heavy atom. The van der Waals surface area contributed by atoms with Gasteiger partial charge < -0.3 is 15.5 Å². The Morgan fingerprint density at radius 1 is 0.963 bits per heavy atom. The highest BCUT2D eigenvalue weighted by Crippen LogP contribution is 2.31. The number of hydrogen-bond acceptors (Lipinski definition) is 5. The Kier molecular flexibility index (Phi) is 4.09. The van der Waals surface area contributed by atoms with Crippen molar-refractivity contribution in [1.29, 1.82) is 0 Å². The SMILES string of the molecule is O=C(O)Nc1nc2ccc(C(=O)Nc3cc4ccccc4cc3O)cc2s1. The Bertz CT molecular complexity index is 1200. The number of nitrogens with one attached hydrogen (secondary N) is 2. The van der Waals surface area contributed by atoms with Gasteiger partial charge in [-0.25, -0.2) is 9.78 Å². The molecular formula is C19H13N3O4S. The third-order valence-electron chi connectivity index (χ3n) is 3.98. The molecule has 0 saturated carbocycles. The van der Waals surface area contributed by atoms with Crippen molar-refractivity contribution in [3.05, 3.63) is 60.2 Å². The van der Waals surface area contributed by atoms with E-state index in [1.807, 2.05) is 24.3 Å². The summed E-state index contributed by atoms with van der Waals surface area (Å²) in [6.07, 6.45) is -1.20. The van der Waals surface area contributed by atoms with E-state index in [0.717, 1.165) is 22.1 Å². The van der Waals surface area contributed by atoms with E-state index in [-0.39, 0.29) is 16.8 Å². The fraction of sp³-hybridized carbons (Fsp3) is 0. The van der Waals surface area contributed by atoms with E-state index in [9.17, 15) is 14.7 Å². The quantitative estimate of drug-likeness (QED) is 0.392. The van der Waals surface area contributed by atoms with Crippen molar-refractivity contribution < 1.29 is 19.8 Å². The number of fused-ring (bicyclic) bond motifs is 2. The summed E-state index contributed by atoms with van der Waals surface area (Å²) in [5.74, 6) is -0.405. The van der Waals surface area contributed by atoms with E-state index in [2.05, 4.69) is 15.6 Å². The van der Waals surface area contributed by atoms with Gasteiger partial charge in [-0.3, -0.25) is 10.1 Å². The molecule has 1 heterocycles. The maximum Gasteiger partial charge on any atom is 0.410 e. The van der Waals surface area contributed by atoms with E-state index >= 15 is 0 Å². The molecule has 0 fully saturated rings. The van der Waals surface area contributed by atoms with Crippen LogP contribution in [0.4, 0.5) is 15.6 Å². The van der Waals surface area contributed by atoms with Crippen LogP contribution < -0.4 is 10.6 Å². The van der Waals surface area contributed by atoms with Gasteiger partial charge in [0.25, 0.3) is 5.91 Å². The Balaban J connectivity index is 1.62. The molecule has 4 aromatic rings. The Hall–Kier alpha value is -3.65. The van der Waals surface area contributed by atoms with Gasteiger partial charge in [0.2, 0.25) is 0 Å². The maximum absolute atomic E-state index is 12.6. The largest absolute Gasteiger partial charge is 0.506 e. The number of carbonyl (C=O) groups is 2. The van der Waals surface area contributed by atoms with Crippen LogP contribution in [0.5, 0.6) is 5.75 Å². The van der Waals surface area contributed by atoms with Crippen LogP contribution in [0.25, 0.3) is 21.0 Å². The van der Waals surface area contributed by atoms with Gasteiger partial charge in [-0.15, -0.1) is 0 Å². The standard InChI is InChI=1S/C19H13N3O4S/c23-15-8-11-4-2-1-3-10(11)7-14(15)20-17(24)12-5-6-13-16(9-12)27-18(21-13)22-19(25)26/h1-9,23H,(H,20,24)(H,21,22)(H,25,26). The van der Waals surface area contributed by atoms with Crippen LogP contribution >= 0.6 is 11.3 Å². The summed E-state index contributed by atoms with van der Waals surface area (Å²) in [5.41, 5.74) is 1.28. The first kappa shape index (κ1) is 16.8. The first-order valence-corrected chi connectivity index (χ1v) is 8.75. The number of phenolic OH excluding ortho intramolecular Hbond substituents is 1. The second-order valence-electron chi connectivity index (χ2n) is 5.80. The van der Waals surface area contributed by atoms with Crippen molar-refractivity contribution in [3.8, 4) is 5.75 Å². The molecule has 0 aliphatic rings. The lowest BCUT2D eigenvalue weighted by atomic mass is 10.1. The molecule has 134 valence electrons. The van der Waals surface area contributed by atoms with Crippen LogP contribution in [-0.4, -0.2) is 27.2 Å². The van der Waals surface area contributed by atoms with E-state index in [0.29, 0.717) is 21.5 Å². The summed E-state index contributed by atoms with van der Waals surface area (Å²) in [5, 5.41) is 25.9. The van der Waals surface area contributed by atoms with Gasteiger partial charge in [0, 0.05) is 5.56 Å². The Labute approximate surface area is 156 Å². The average Bonchev–Trinajstić information content (AvgIpc) is 3.02. The molecule has 1 aromatic heterocycles. The van der Waals surface area contributed by atoms with Crippen LogP contribution in [0.1, 0.15) is 10.4 Å². The fourth-order valence-electron chi connectivity index (χ4n) is 2.73. The minimum Gasteiger partial charge on any atom is -0.506 e. The minimum atomic E-state index is -1.20. The van der Waals surface area contributed by atoms with Gasteiger partial charge in [-0.1, -0.05) is 35.6 Å². The smallest absolute Gasteiger partial charge is 0.410 e. The van der Waals surface area contributed by atoms with E-state index in [1.54, 1.807) is 30.3 Å². The van der Waals surface area contributed by atoms with Crippen LogP contribution in [0.3, 0.4) is 0 Å². The second-order valence-corrected chi connectivity index (χ2v) is 6.83. The van der Waals surface area contributed by atoms with Gasteiger partial charge in [0.05, 0.1) is 15.9 Å². The summed E-state index contributed by atoms with van der Waals surface area (Å²) in [4.78, 5) is 27.4. The molecule has 4 rings (SSSR count). The predicted molar refractivity (Wildman–Crippen MR) is 105 cm³/mol. The lowest BCUT2D eigenvalue weighted by Gasteiger charge is -2.09. The predicted octanol–water partition coefficient (Wildman–Crippen LogP) is 4.50. The number of amides is 2. The molecule has 0 aliphatic carbocycles. The minimum absolute atomic E-state index is 0.0196. The monoisotopic (exact) mass is 379 g/mol. The summed E-state index contributed by atoms with van der Waals surface area (Å²) in [6, 6.07) is 15.7. The molecular weight excluding hydrogens is 366 g/mol. The van der Waals surface area contributed by atoms with Crippen LogP contribution in [0, 0.1) is 0 Å². The van der Waals surface area contributed by atoms with Gasteiger partial charge >= 0.3 is 6.09 Å². The van der Waals surface area contributed by atoms with Crippen molar-refractivity contribution in [2.75, 3.05) is 10.6 Å². The molecule has 2 amide bonds. The van der Waals surface area contributed by atoms with Crippen molar-refractivity contribution in [1.82, 2.24) is 4.98 Å². The number of nitrogens with zero attached hydrogens (tertiary/aromatic N) is 1. The highest BCUT2D eigenvalue weighted by atomic mass is 32.1. The molecule has 0 bridgehead atoms. The number of aromatic nitrogens is 1. The molecule has 0 aliphatic heterocycles. The summed E-state index contributed by atoms with van der Waals surface area (Å²) < 4.78 is 0.675. The number of hydrogen-bond donors (Lipinski definition) is 4. The normalized spacial score (nSPS) is 10.8. The van der Waals surface area contributed by atoms with Crippen molar-refractivity contribution in [2.45, 2.75) is 0 Å². The maximum atomic E-state index is 12.6. The lowest BCUT2D eigenvalue weighted by molar-refractivity contribution is 0.102. The van der Waals surface area contributed by atoms with Crippen LogP contribution in [0.15, 0.2) is 54.6 Å². The zero-order valence-corrected chi connectivity index (χ0v) is 14.6.